The molecule has 1 aliphatic rings. The molecule has 0 bridgehead atoms. The Bertz CT molecular complexity index is 1320. The van der Waals surface area contributed by atoms with Crippen LogP contribution in [-0.4, -0.2) is 28.9 Å². The van der Waals surface area contributed by atoms with Gasteiger partial charge in [0.25, 0.3) is 11.8 Å². The van der Waals surface area contributed by atoms with Gasteiger partial charge in [0.2, 0.25) is 0 Å². The van der Waals surface area contributed by atoms with Crippen molar-refractivity contribution in [1.29, 1.82) is 0 Å². The van der Waals surface area contributed by atoms with Crippen LogP contribution in [0.5, 0.6) is 0 Å². The first-order valence-electron chi connectivity index (χ1n) is 9.36. The van der Waals surface area contributed by atoms with Gasteiger partial charge in [0, 0.05) is 5.56 Å². The van der Waals surface area contributed by atoms with Gasteiger partial charge in [-0.25, -0.2) is 14.5 Å². The van der Waals surface area contributed by atoms with Crippen molar-refractivity contribution >= 4 is 47.2 Å². The van der Waals surface area contributed by atoms with E-state index in [4.69, 9.17) is 16.0 Å². The van der Waals surface area contributed by atoms with E-state index in [1.54, 1.807) is 18.2 Å². The van der Waals surface area contributed by atoms with Gasteiger partial charge >= 0.3 is 12.0 Å². The first-order valence-corrected chi connectivity index (χ1v) is 9.73. The number of benzene rings is 2. The molecule has 0 atom stereocenters. The number of halogens is 1. The zero-order chi connectivity index (χ0) is 23.0. The molecule has 160 valence electrons. The third-order valence-corrected chi connectivity index (χ3v) is 5.08. The second-order valence-corrected chi connectivity index (χ2v) is 7.41. The number of aromatic carboxylic acids is 1. The lowest BCUT2D eigenvalue weighted by Crippen LogP contribution is -2.54. The minimum atomic E-state index is -1.12. The lowest BCUT2D eigenvalue weighted by molar-refractivity contribution is -0.122. The smallest absolute Gasteiger partial charge is 0.335 e. The van der Waals surface area contributed by atoms with Gasteiger partial charge in [-0.2, -0.15) is 0 Å². The SMILES string of the molecule is Cc1cccc(N2C(=O)NC(=O)/C(=C\c3ccc(-c4cc(C(=O)O)ccc4Cl)o3)C2=O)c1. The van der Waals surface area contributed by atoms with Crippen molar-refractivity contribution in [3.05, 3.63) is 82.1 Å². The fraction of sp³-hybridized carbons (Fsp3) is 0.0435. The van der Waals surface area contributed by atoms with Gasteiger partial charge in [-0.1, -0.05) is 23.7 Å². The van der Waals surface area contributed by atoms with E-state index in [1.165, 1.54) is 36.4 Å². The number of amides is 4. The number of anilines is 1. The molecule has 0 unspecified atom stereocenters. The molecule has 8 nitrogen and oxygen atoms in total. The van der Waals surface area contributed by atoms with Crippen LogP contribution in [0.1, 0.15) is 21.7 Å². The molecule has 0 spiro atoms. The maximum absolute atomic E-state index is 13.0. The monoisotopic (exact) mass is 450 g/mol. The number of carbonyl (C=O) groups is 4. The van der Waals surface area contributed by atoms with Gasteiger partial charge in [-0.05, 0) is 61.0 Å². The molecule has 3 aromatic rings. The molecule has 32 heavy (non-hydrogen) atoms. The number of hydrogen-bond donors (Lipinski definition) is 2. The summed E-state index contributed by atoms with van der Waals surface area (Å²) in [4.78, 5) is 49.7. The second-order valence-electron chi connectivity index (χ2n) is 7.00. The minimum Gasteiger partial charge on any atom is -0.478 e. The van der Waals surface area contributed by atoms with E-state index in [0.29, 0.717) is 11.3 Å². The molecule has 4 amide bonds. The van der Waals surface area contributed by atoms with Crippen LogP contribution < -0.4 is 10.2 Å². The summed E-state index contributed by atoms with van der Waals surface area (Å²) in [6.07, 6.45) is 1.21. The average molecular weight is 451 g/mol. The quantitative estimate of drug-likeness (QED) is 0.452. The number of barbiturate groups is 1. The number of hydrogen-bond acceptors (Lipinski definition) is 5. The van der Waals surface area contributed by atoms with Crippen molar-refractivity contribution in [3.63, 3.8) is 0 Å². The zero-order valence-corrected chi connectivity index (χ0v) is 17.3. The van der Waals surface area contributed by atoms with Crippen molar-refractivity contribution in [2.45, 2.75) is 6.92 Å². The standard InChI is InChI=1S/C23H15ClN2O6/c1-12-3-2-4-14(9-12)26-21(28)17(20(27)25-23(26)31)11-15-6-8-19(32-15)16-10-13(22(29)30)5-7-18(16)24/h2-11H,1H3,(H,29,30)(H,25,27,31)/b17-11+. The summed E-state index contributed by atoms with van der Waals surface area (Å²) in [5.74, 6) is -2.38. The maximum atomic E-state index is 13.0. The Balaban J connectivity index is 1.70. The summed E-state index contributed by atoms with van der Waals surface area (Å²) in [5.41, 5.74) is 1.23. The molecule has 1 aliphatic heterocycles. The Morgan fingerprint density at radius 2 is 1.88 bits per heavy atom. The molecular formula is C23H15ClN2O6. The number of carboxylic acid groups (broad SMARTS) is 1. The molecule has 1 fully saturated rings. The fourth-order valence-electron chi connectivity index (χ4n) is 3.22. The predicted octanol–water partition coefficient (Wildman–Crippen LogP) is 4.27. The second kappa shape index (κ2) is 8.16. The Morgan fingerprint density at radius 3 is 2.59 bits per heavy atom. The summed E-state index contributed by atoms with van der Waals surface area (Å²) < 4.78 is 5.68. The number of carbonyl (C=O) groups excluding carboxylic acids is 3. The first kappa shape index (κ1) is 21.1. The van der Waals surface area contributed by atoms with E-state index < -0.39 is 23.8 Å². The summed E-state index contributed by atoms with van der Waals surface area (Å²) in [6.45, 7) is 1.81. The number of furan rings is 1. The van der Waals surface area contributed by atoms with Crippen molar-refractivity contribution in [3.8, 4) is 11.3 Å². The summed E-state index contributed by atoms with van der Waals surface area (Å²) in [7, 11) is 0. The number of rotatable bonds is 4. The highest BCUT2D eigenvalue weighted by atomic mass is 35.5. The van der Waals surface area contributed by atoms with Crippen LogP contribution in [-0.2, 0) is 9.59 Å². The van der Waals surface area contributed by atoms with E-state index in [2.05, 4.69) is 5.32 Å². The zero-order valence-electron chi connectivity index (χ0n) is 16.6. The Morgan fingerprint density at radius 1 is 1.09 bits per heavy atom. The third-order valence-electron chi connectivity index (χ3n) is 4.75. The van der Waals surface area contributed by atoms with Gasteiger partial charge in [0.15, 0.2) is 0 Å². The van der Waals surface area contributed by atoms with E-state index in [9.17, 15) is 24.3 Å². The summed E-state index contributed by atoms with van der Waals surface area (Å²) in [6, 6.07) is 13.1. The molecule has 2 heterocycles. The van der Waals surface area contributed by atoms with Crippen LogP contribution in [0.15, 0.2) is 64.6 Å². The molecule has 1 aromatic heterocycles. The maximum Gasteiger partial charge on any atom is 0.335 e. The predicted molar refractivity (Wildman–Crippen MR) is 116 cm³/mol. The van der Waals surface area contributed by atoms with Crippen LogP contribution in [0, 0.1) is 6.92 Å². The molecule has 2 aromatic carbocycles. The van der Waals surface area contributed by atoms with Crippen molar-refractivity contribution in [2.24, 2.45) is 0 Å². The van der Waals surface area contributed by atoms with E-state index in [1.807, 2.05) is 13.0 Å². The summed E-state index contributed by atoms with van der Waals surface area (Å²) in [5, 5.41) is 11.6. The number of carboxylic acids is 1. The van der Waals surface area contributed by atoms with Crippen LogP contribution in [0.25, 0.3) is 17.4 Å². The van der Waals surface area contributed by atoms with Crippen molar-refractivity contribution < 1.29 is 28.7 Å². The third kappa shape index (κ3) is 3.91. The first-order chi connectivity index (χ1) is 15.2. The van der Waals surface area contributed by atoms with Crippen LogP contribution in [0.4, 0.5) is 10.5 Å². The molecular weight excluding hydrogens is 436 g/mol. The van der Waals surface area contributed by atoms with Gasteiger partial charge < -0.3 is 9.52 Å². The van der Waals surface area contributed by atoms with Gasteiger partial charge in [0.05, 0.1) is 16.3 Å². The van der Waals surface area contributed by atoms with E-state index >= 15 is 0 Å². The average Bonchev–Trinajstić information content (AvgIpc) is 3.19. The van der Waals surface area contributed by atoms with Crippen molar-refractivity contribution in [1.82, 2.24) is 5.32 Å². The van der Waals surface area contributed by atoms with Crippen LogP contribution in [0.2, 0.25) is 5.02 Å². The molecule has 0 radical (unpaired) electrons. The van der Waals surface area contributed by atoms with Crippen LogP contribution >= 0.6 is 11.6 Å². The number of nitrogens with one attached hydrogen (secondary N) is 1. The molecule has 4 rings (SSSR count). The number of aryl methyl sites for hydroxylation is 1. The fourth-order valence-corrected chi connectivity index (χ4v) is 3.43. The van der Waals surface area contributed by atoms with Gasteiger partial charge in [0.1, 0.15) is 17.1 Å². The minimum absolute atomic E-state index is 0.0230. The largest absolute Gasteiger partial charge is 0.478 e. The van der Waals surface area contributed by atoms with E-state index in [0.717, 1.165) is 10.5 Å². The highest BCUT2D eigenvalue weighted by molar-refractivity contribution is 6.39. The molecule has 0 aliphatic carbocycles. The van der Waals surface area contributed by atoms with Crippen LogP contribution in [0.3, 0.4) is 0 Å². The Hall–Kier alpha value is -4.17. The molecule has 0 saturated carbocycles. The highest BCUT2D eigenvalue weighted by Gasteiger charge is 2.37. The number of urea groups is 1. The highest BCUT2D eigenvalue weighted by Crippen LogP contribution is 2.31. The Labute approximate surface area is 186 Å². The lowest BCUT2D eigenvalue weighted by atomic mass is 10.1. The number of nitrogens with zero attached hydrogens (tertiary/aromatic N) is 1. The Kier molecular flexibility index (Phi) is 5.38. The molecule has 1 saturated heterocycles. The summed E-state index contributed by atoms with van der Waals surface area (Å²) >= 11 is 6.17. The normalized spacial score (nSPS) is 15.2. The topological polar surface area (TPSA) is 117 Å². The van der Waals surface area contributed by atoms with Gasteiger partial charge in [-0.3, -0.25) is 14.9 Å². The lowest BCUT2D eigenvalue weighted by Gasteiger charge is -2.26. The number of imide groups is 2. The van der Waals surface area contributed by atoms with Gasteiger partial charge in [-0.15, -0.1) is 0 Å². The van der Waals surface area contributed by atoms with E-state index in [-0.39, 0.29) is 27.7 Å². The molecule has 9 heteroatoms. The molecule has 2 N–H and O–H groups in total. The van der Waals surface area contributed by atoms with Crippen molar-refractivity contribution in [2.75, 3.05) is 4.90 Å².